The zero-order valence-corrected chi connectivity index (χ0v) is 27.3. The van der Waals surface area contributed by atoms with Gasteiger partial charge in [-0.1, -0.05) is 121 Å². The van der Waals surface area contributed by atoms with Crippen LogP contribution in [0.4, 0.5) is 22.7 Å². The minimum Gasteiger partial charge on any atom is -0.464 e. The summed E-state index contributed by atoms with van der Waals surface area (Å²) >= 11 is 1.85. The van der Waals surface area contributed by atoms with Crippen LogP contribution in [0.2, 0.25) is 0 Å². The molecule has 1 aliphatic heterocycles. The fraction of sp³-hybridized carbons (Fsp3) is 0.0222. The Balaban J connectivity index is 1.21. The highest BCUT2D eigenvalue weighted by Gasteiger charge is 2.27. The third kappa shape index (κ3) is 4.64. The SMILES string of the molecule is c1ccc(-c2ccccc2N(c2ccc3sc4ccccc4c3c2)c2ccc3ccc4ccc5c(c4c3c2)OC(c2ccccc2)N5)cc1. The summed E-state index contributed by atoms with van der Waals surface area (Å²) in [6, 6.07) is 61.0. The topological polar surface area (TPSA) is 24.5 Å². The van der Waals surface area contributed by atoms with Gasteiger partial charge in [0.25, 0.3) is 0 Å². The van der Waals surface area contributed by atoms with Crippen molar-refractivity contribution in [1.29, 1.82) is 0 Å². The summed E-state index contributed by atoms with van der Waals surface area (Å²) in [7, 11) is 0. The van der Waals surface area contributed by atoms with Crippen LogP contribution in [0.1, 0.15) is 11.8 Å². The Hall–Kier alpha value is -6.10. The third-order valence-corrected chi connectivity index (χ3v) is 10.8. The molecule has 49 heavy (non-hydrogen) atoms. The van der Waals surface area contributed by atoms with E-state index in [-0.39, 0.29) is 6.23 Å². The van der Waals surface area contributed by atoms with Gasteiger partial charge in [-0.25, -0.2) is 0 Å². The summed E-state index contributed by atoms with van der Waals surface area (Å²) in [4.78, 5) is 2.42. The first-order valence-electron chi connectivity index (χ1n) is 16.6. The summed E-state index contributed by atoms with van der Waals surface area (Å²) in [6.45, 7) is 0. The molecule has 0 amide bonds. The molecule has 4 heteroatoms. The highest BCUT2D eigenvalue weighted by Crippen LogP contribution is 2.48. The van der Waals surface area contributed by atoms with E-state index in [0.29, 0.717) is 0 Å². The second-order valence-electron chi connectivity index (χ2n) is 12.6. The van der Waals surface area contributed by atoms with Gasteiger partial charge in [-0.3, -0.25) is 0 Å². The number of benzene rings is 8. The average Bonchev–Trinajstić information content (AvgIpc) is 3.78. The van der Waals surface area contributed by atoms with Crippen LogP contribution in [0.3, 0.4) is 0 Å². The molecular weight excluding hydrogens is 617 g/mol. The molecule has 0 bridgehead atoms. The van der Waals surface area contributed by atoms with Crippen molar-refractivity contribution in [2.75, 3.05) is 10.2 Å². The number of anilines is 4. The maximum Gasteiger partial charge on any atom is 0.196 e. The van der Waals surface area contributed by atoms with Gasteiger partial charge in [0.2, 0.25) is 0 Å². The minimum atomic E-state index is -0.235. The number of ether oxygens (including phenoxy) is 1. The first-order chi connectivity index (χ1) is 24.3. The Bertz CT molecular complexity index is 2680. The molecule has 232 valence electrons. The molecule has 0 radical (unpaired) electrons. The monoisotopic (exact) mass is 646 g/mol. The molecule has 2 heterocycles. The maximum atomic E-state index is 6.72. The number of fused-ring (bicyclic) bond motifs is 8. The lowest BCUT2D eigenvalue weighted by atomic mass is 9.98. The minimum absolute atomic E-state index is 0.235. The van der Waals surface area contributed by atoms with Crippen LogP contribution in [0.15, 0.2) is 170 Å². The van der Waals surface area contributed by atoms with Gasteiger partial charge in [0.05, 0.1) is 11.4 Å². The Morgan fingerprint density at radius 3 is 2.06 bits per heavy atom. The van der Waals surface area contributed by atoms with E-state index in [2.05, 4.69) is 174 Å². The van der Waals surface area contributed by atoms with Crippen LogP contribution in [0, 0.1) is 0 Å². The molecule has 0 fully saturated rings. The van der Waals surface area contributed by atoms with Crippen molar-refractivity contribution in [1.82, 2.24) is 0 Å². The van der Waals surface area contributed by atoms with Crippen LogP contribution < -0.4 is 15.0 Å². The van der Waals surface area contributed by atoms with Crippen molar-refractivity contribution in [2.45, 2.75) is 6.23 Å². The Kier molecular flexibility index (Phi) is 6.42. The predicted octanol–water partition coefficient (Wildman–Crippen LogP) is 13.0. The molecule has 8 aromatic carbocycles. The largest absolute Gasteiger partial charge is 0.464 e. The smallest absolute Gasteiger partial charge is 0.196 e. The number of para-hydroxylation sites is 1. The van der Waals surface area contributed by atoms with Crippen LogP contribution in [-0.4, -0.2) is 0 Å². The van der Waals surface area contributed by atoms with Gasteiger partial charge >= 0.3 is 0 Å². The lowest BCUT2D eigenvalue weighted by Crippen LogP contribution is -2.11. The van der Waals surface area contributed by atoms with Gasteiger partial charge in [0.15, 0.2) is 12.0 Å². The standard InChI is InChI=1S/C45H30N2OS/c1-3-11-29(12-4-1)35-15-7-9-17-40(35)47(34-24-26-42-38(28-34)36-16-8-10-18-41(36)49-42)33-23-21-30-19-20-31-22-25-39-44(43(31)37(30)27-33)48-45(46-39)32-13-5-2-6-14-32/h1-28,45-46H. The van der Waals surface area contributed by atoms with Crippen molar-refractivity contribution in [2.24, 2.45) is 0 Å². The van der Waals surface area contributed by atoms with Gasteiger partial charge < -0.3 is 15.0 Å². The van der Waals surface area contributed by atoms with E-state index < -0.39 is 0 Å². The normalized spacial score (nSPS) is 13.8. The zero-order valence-electron chi connectivity index (χ0n) is 26.5. The summed E-state index contributed by atoms with van der Waals surface area (Å²) < 4.78 is 9.31. The van der Waals surface area contributed by atoms with Gasteiger partial charge in [0, 0.05) is 48.1 Å². The zero-order chi connectivity index (χ0) is 32.3. The van der Waals surface area contributed by atoms with E-state index in [9.17, 15) is 0 Å². The average molecular weight is 647 g/mol. The summed E-state index contributed by atoms with van der Waals surface area (Å²) in [6.07, 6.45) is -0.235. The second kappa shape index (κ2) is 11.3. The lowest BCUT2D eigenvalue weighted by Gasteiger charge is -2.28. The fourth-order valence-electron chi connectivity index (χ4n) is 7.35. The van der Waals surface area contributed by atoms with E-state index in [1.54, 1.807) is 0 Å². The molecule has 0 aliphatic carbocycles. The van der Waals surface area contributed by atoms with Crippen molar-refractivity contribution in [3.05, 3.63) is 175 Å². The summed E-state index contributed by atoms with van der Waals surface area (Å²) in [5.74, 6) is 0.900. The number of nitrogens with zero attached hydrogens (tertiary/aromatic N) is 1. The number of rotatable bonds is 5. The van der Waals surface area contributed by atoms with E-state index in [1.807, 2.05) is 17.4 Å². The first kappa shape index (κ1) is 28.0. The van der Waals surface area contributed by atoms with Crippen molar-refractivity contribution >= 4 is 75.8 Å². The molecule has 0 saturated carbocycles. The molecule has 0 spiro atoms. The number of hydrogen-bond acceptors (Lipinski definition) is 4. The van der Waals surface area contributed by atoms with Crippen LogP contribution in [0.25, 0.3) is 52.8 Å². The van der Waals surface area contributed by atoms with Gasteiger partial charge in [-0.05, 0) is 70.3 Å². The van der Waals surface area contributed by atoms with E-state index >= 15 is 0 Å². The number of nitrogens with one attached hydrogen (secondary N) is 1. The lowest BCUT2D eigenvalue weighted by molar-refractivity contribution is 0.263. The first-order valence-corrected chi connectivity index (χ1v) is 17.4. The fourth-order valence-corrected chi connectivity index (χ4v) is 8.44. The van der Waals surface area contributed by atoms with Gasteiger partial charge in [0.1, 0.15) is 0 Å². The molecule has 1 aliphatic rings. The van der Waals surface area contributed by atoms with E-state index in [1.165, 1.54) is 36.7 Å². The quantitative estimate of drug-likeness (QED) is 0.188. The van der Waals surface area contributed by atoms with E-state index in [4.69, 9.17) is 4.74 Å². The molecule has 3 nitrogen and oxygen atoms in total. The van der Waals surface area contributed by atoms with Crippen LogP contribution in [0.5, 0.6) is 5.75 Å². The predicted molar refractivity (Wildman–Crippen MR) is 208 cm³/mol. The van der Waals surface area contributed by atoms with Gasteiger partial charge in [-0.2, -0.15) is 0 Å². The highest BCUT2D eigenvalue weighted by molar-refractivity contribution is 7.25. The molecule has 1 aromatic heterocycles. The number of thiophene rings is 1. The van der Waals surface area contributed by atoms with Gasteiger partial charge in [-0.15, -0.1) is 11.3 Å². The highest BCUT2D eigenvalue weighted by atomic mass is 32.1. The summed E-state index contributed by atoms with van der Waals surface area (Å²) in [5, 5.41) is 10.8. The van der Waals surface area contributed by atoms with Crippen molar-refractivity contribution in [3.8, 4) is 16.9 Å². The summed E-state index contributed by atoms with van der Waals surface area (Å²) in [5.41, 5.74) is 7.81. The van der Waals surface area contributed by atoms with Crippen molar-refractivity contribution in [3.63, 3.8) is 0 Å². The molecule has 9 aromatic rings. The van der Waals surface area contributed by atoms with E-state index in [0.717, 1.165) is 50.2 Å². The molecule has 1 N–H and O–H groups in total. The molecule has 1 atom stereocenters. The van der Waals surface area contributed by atoms with Crippen LogP contribution in [-0.2, 0) is 0 Å². The molecule has 1 unspecified atom stereocenters. The maximum absolute atomic E-state index is 6.72. The molecule has 10 rings (SSSR count). The second-order valence-corrected chi connectivity index (χ2v) is 13.6. The Labute approximate surface area is 288 Å². The third-order valence-electron chi connectivity index (χ3n) is 9.67. The molecular formula is C45H30N2OS. The Morgan fingerprint density at radius 2 is 1.18 bits per heavy atom. The van der Waals surface area contributed by atoms with Crippen LogP contribution >= 0.6 is 11.3 Å². The van der Waals surface area contributed by atoms with Crippen molar-refractivity contribution < 1.29 is 4.74 Å². The number of hydrogen-bond donors (Lipinski definition) is 1. The Morgan fingerprint density at radius 1 is 0.531 bits per heavy atom. The molecule has 0 saturated heterocycles.